The minimum atomic E-state index is 0.873. The molecule has 0 aliphatic heterocycles. The molecule has 0 saturated heterocycles. The minimum Gasteiger partial charge on any atom is -0.294 e. The fourth-order valence-corrected chi connectivity index (χ4v) is 0.761. The van der Waals surface area contributed by atoms with Gasteiger partial charge in [0.25, 0.3) is 0 Å². The normalized spacial score (nSPS) is 11.4. The maximum Gasteiger partial charge on any atom is 0.0360 e. The Balaban J connectivity index is 3.81. The lowest BCUT2D eigenvalue weighted by molar-refractivity contribution is 1.11. The Kier molecular flexibility index (Phi) is 7.31. The van der Waals surface area contributed by atoms with Gasteiger partial charge in [0.2, 0.25) is 0 Å². The highest BCUT2D eigenvalue weighted by Crippen LogP contribution is 1.87. The van der Waals surface area contributed by atoms with Crippen LogP contribution < -0.4 is 0 Å². The van der Waals surface area contributed by atoms with E-state index in [9.17, 15) is 0 Å². The third-order valence-corrected chi connectivity index (χ3v) is 1.33. The highest BCUT2D eigenvalue weighted by atomic mass is 14.7. The molecular formula is C11H17N. The van der Waals surface area contributed by atoms with Gasteiger partial charge in [0.05, 0.1) is 0 Å². The van der Waals surface area contributed by atoms with Crippen molar-refractivity contribution in [2.45, 2.75) is 27.2 Å². The van der Waals surface area contributed by atoms with Crippen LogP contribution in [0.3, 0.4) is 0 Å². The standard InChI is InChI=1S/C11H17N/c1-4-6-7-8-9-10-11(3)12-5-2/h4,6-7,9H,5,10H2,1-3H3/b6-4+,12-11-. The zero-order valence-electron chi connectivity index (χ0n) is 8.17. The van der Waals surface area contributed by atoms with Gasteiger partial charge in [0.15, 0.2) is 0 Å². The van der Waals surface area contributed by atoms with E-state index in [1.807, 2.05) is 45.1 Å². The number of nitrogens with zero attached hydrogens (tertiary/aromatic N) is 1. The second kappa shape index (κ2) is 8.03. The molecular weight excluding hydrogens is 146 g/mol. The van der Waals surface area contributed by atoms with Crippen molar-refractivity contribution >= 4 is 5.71 Å². The van der Waals surface area contributed by atoms with E-state index in [4.69, 9.17) is 0 Å². The molecule has 0 aromatic rings. The molecule has 0 aliphatic rings. The van der Waals surface area contributed by atoms with Gasteiger partial charge in [0.1, 0.15) is 0 Å². The maximum atomic E-state index is 4.26. The van der Waals surface area contributed by atoms with Crippen LogP contribution in [-0.2, 0) is 0 Å². The van der Waals surface area contributed by atoms with Crippen LogP contribution >= 0.6 is 0 Å². The number of allylic oxidation sites excluding steroid dienone is 3. The van der Waals surface area contributed by atoms with E-state index in [0.717, 1.165) is 13.0 Å². The van der Waals surface area contributed by atoms with Crippen LogP contribution in [0.15, 0.2) is 35.0 Å². The molecule has 0 N–H and O–H groups in total. The van der Waals surface area contributed by atoms with Gasteiger partial charge in [-0.1, -0.05) is 12.2 Å². The third kappa shape index (κ3) is 7.04. The Morgan fingerprint density at radius 2 is 2.25 bits per heavy atom. The van der Waals surface area contributed by atoms with Crippen molar-refractivity contribution in [1.82, 2.24) is 0 Å². The first-order chi connectivity index (χ1) is 5.81. The summed E-state index contributed by atoms with van der Waals surface area (Å²) in [6.07, 6.45) is 8.74. The topological polar surface area (TPSA) is 12.4 Å². The molecule has 0 saturated carbocycles. The summed E-state index contributed by atoms with van der Waals surface area (Å²) in [6.45, 7) is 6.94. The van der Waals surface area contributed by atoms with Gasteiger partial charge in [-0.05, 0) is 32.9 Å². The van der Waals surface area contributed by atoms with Gasteiger partial charge < -0.3 is 0 Å². The van der Waals surface area contributed by atoms with Crippen LogP contribution in [0.25, 0.3) is 0 Å². The monoisotopic (exact) mass is 163 g/mol. The predicted octanol–water partition coefficient (Wildman–Crippen LogP) is 3.14. The van der Waals surface area contributed by atoms with Crippen molar-refractivity contribution in [2.75, 3.05) is 6.54 Å². The maximum absolute atomic E-state index is 4.26. The second-order valence-corrected chi connectivity index (χ2v) is 2.48. The lowest BCUT2D eigenvalue weighted by Crippen LogP contribution is -1.88. The van der Waals surface area contributed by atoms with Crippen molar-refractivity contribution in [3.63, 3.8) is 0 Å². The molecule has 0 bridgehead atoms. The van der Waals surface area contributed by atoms with Crippen molar-refractivity contribution in [1.29, 1.82) is 0 Å². The van der Waals surface area contributed by atoms with Crippen LogP contribution in [0.2, 0.25) is 0 Å². The largest absolute Gasteiger partial charge is 0.294 e. The third-order valence-electron chi connectivity index (χ3n) is 1.33. The number of hydrogen-bond donors (Lipinski definition) is 0. The molecule has 0 aliphatic carbocycles. The Hall–Kier alpha value is -1.07. The molecule has 0 fully saturated rings. The second-order valence-electron chi connectivity index (χ2n) is 2.48. The summed E-state index contributed by atoms with van der Waals surface area (Å²) in [6, 6.07) is 0. The Morgan fingerprint density at radius 3 is 2.83 bits per heavy atom. The van der Waals surface area contributed by atoms with Crippen LogP contribution in [-0.4, -0.2) is 12.3 Å². The first-order valence-electron chi connectivity index (χ1n) is 4.33. The van der Waals surface area contributed by atoms with Gasteiger partial charge in [-0.15, -0.1) is 5.73 Å². The van der Waals surface area contributed by atoms with Gasteiger partial charge >= 0.3 is 0 Å². The molecule has 0 unspecified atom stereocenters. The molecule has 0 radical (unpaired) electrons. The smallest absolute Gasteiger partial charge is 0.0360 e. The van der Waals surface area contributed by atoms with Crippen molar-refractivity contribution in [2.24, 2.45) is 4.99 Å². The number of rotatable bonds is 4. The number of aliphatic imine (C=N–C) groups is 1. The predicted molar refractivity (Wildman–Crippen MR) is 55.7 cm³/mol. The van der Waals surface area contributed by atoms with E-state index < -0.39 is 0 Å². The minimum absolute atomic E-state index is 0.873. The summed E-state index contributed by atoms with van der Waals surface area (Å²) in [7, 11) is 0. The van der Waals surface area contributed by atoms with Crippen LogP contribution in [0.4, 0.5) is 0 Å². The fraction of sp³-hybridized carbons (Fsp3) is 0.455. The van der Waals surface area contributed by atoms with Gasteiger partial charge in [-0.3, -0.25) is 4.99 Å². The van der Waals surface area contributed by atoms with Crippen LogP contribution in [0, 0.1) is 0 Å². The van der Waals surface area contributed by atoms with E-state index in [1.165, 1.54) is 5.71 Å². The van der Waals surface area contributed by atoms with E-state index in [1.54, 1.807) is 0 Å². The van der Waals surface area contributed by atoms with Crippen molar-refractivity contribution < 1.29 is 0 Å². The van der Waals surface area contributed by atoms with Crippen molar-refractivity contribution in [3.05, 3.63) is 30.0 Å². The summed E-state index contributed by atoms with van der Waals surface area (Å²) < 4.78 is 0. The summed E-state index contributed by atoms with van der Waals surface area (Å²) >= 11 is 0. The molecule has 12 heavy (non-hydrogen) atoms. The lowest BCUT2D eigenvalue weighted by Gasteiger charge is -1.90. The summed E-state index contributed by atoms with van der Waals surface area (Å²) in [4.78, 5) is 4.26. The van der Waals surface area contributed by atoms with Crippen LogP contribution in [0.5, 0.6) is 0 Å². The highest BCUT2D eigenvalue weighted by molar-refractivity contribution is 5.83. The molecule has 0 rings (SSSR count). The Labute approximate surface area is 75.2 Å². The molecule has 0 aromatic carbocycles. The molecule has 1 nitrogen and oxygen atoms in total. The van der Waals surface area contributed by atoms with Gasteiger partial charge in [-0.2, -0.15) is 0 Å². The quantitative estimate of drug-likeness (QED) is 0.343. The zero-order chi connectivity index (χ0) is 9.23. The summed E-state index contributed by atoms with van der Waals surface area (Å²) in [5, 5.41) is 0. The summed E-state index contributed by atoms with van der Waals surface area (Å²) in [5.74, 6) is 0. The van der Waals surface area contributed by atoms with Gasteiger partial charge in [-0.25, -0.2) is 0 Å². The van der Waals surface area contributed by atoms with E-state index >= 15 is 0 Å². The first kappa shape index (κ1) is 10.9. The molecule has 0 heterocycles. The molecule has 0 atom stereocenters. The molecule has 0 amide bonds. The van der Waals surface area contributed by atoms with Crippen molar-refractivity contribution in [3.8, 4) is 0 Å². The lowest BCUT2D eigenvalue weighted by atomic mass is 10.3. The average molecular weight is 163 g/mol. The van der Waals surface area contributed by atoms with E-state index in [2.05, 4.69) is 10.7 Å². The molecule has 0 aromatic heterocycles. The fourth-order valence-electron chi connectivity index (χ4n) is 0.761. The Bertz CT molecular complexity index is 215. The van der Waals surface area contributed by atoms with Crippen LogP contribution in [0.1, 0.15) is 27.2 Å². The van der Waals surface area contributed by atoms with Gasteiger partial charge in [0, 0.05) is 18.7 Å². The highest BCUT2D eigenvalue weighted by Gasteiger charge is 1.82. The average Bonchev–Trinajstić information content (AvgIpc) is 2.05. The molecule has 1 heteroatoms. The molecule has 0 spiro atoms. The Morgan fingerprint density at radius 1 is 1.50 bits per heavy atom. The first-order valence-corrected chi connectivity index (χ1v) is 4.33. The zero-order valence-corrected chi connectivity index (χ0v) is 8.17. The SMILES string of the molecule is C/C=C/C=C=CC/C(C)=N\CC. The summed E-state index contributed by atoms with van der Waals surface area (Å²) in [5.41, 5.74) is 4.22. The molecule has 66 valence electrons. The van der Waals surface area contributed by atoms with E-state index in [-0.39, 0.29) is 0 Å². The van der Waals surface area contributed by atoms with E-state index in [0.29, 0.717) is 0 Å². The number of hydrogen-bond acceptors (Lipinski definition) is 1.